The first-order valence-electron chi connectivity index (χ1n) is 8.73. The van der Waals surface area contributed by atoms with Crippen molar-refractivity contribution in [3.8, 4) is 0 Å². The van der Waals surface area contributed by atoms with Crippen molar-refractivity contribution in [2.24, 2.45) is 0 Å². The molecule has 6 nitrogen and oxygen atoms in total. The fourth-order valence-electron chi connectivity index (χ4n) is 3.30. The van der Waals surface area contributed by atoms with Crippen LogP contribution < -0.4 is 11.1 Å². The fraction of sp³-hybridized carbons (Fsp3) is 0.611. The second-order valence-electron chi connectivity index (χ2n) is 6.70. The number of carbonyl (C=O) groups is 1. The average molecular weight is 333 g/mol. The molecular formula is C18H27N3O3. The number of rotatable bonds is 4. The molecule has 2 fully saturated rings. The lowest BCUT2D eigenvalue weighted by Crippen LogP contribution is -2.40. The van der Waals surface area contributed by atoms with E-state index >= 15 is 0 Å². The first kappa shape index (κ1) is 17.2. The van der Waals surface area contributed by atoms with Crippen LogP contribution in [0.2, 0.25) is 0 Å². The lowest BCUT2D eigenvalue weighted by molar-refractivity contribution is -0.0212. The van der Waals surface area contributed by atoms with Crippen molar-refractivity contribution in [3.63, 3.8) is 0 Å². The van der Waals surface area contributed by atoms with Gasteiger partial charge in [-0.3, -0.25) is 9.69 Å². The third-order valence-corrected chi connectivity index (χ3v) is 4.65. The highest BCUT2D eigenvalue weighted by Gasteiger charge is 2.20. The summed E-state index contributed by atoms with van der Waals surface area (Å²) < 4.78 is 10.9. The Hall–Kier alpha value is -1.63. The number of hydrogen-bond acceptors (Lipinski definition) is 5. The number of carbonyl (C=O) groups excluding carboxylic acids is 1. The minimum Gasteiger partial charge on any atom is -0.398 e. The molecule has 1 aromatic carbocycles. The minimum atomic E-state index is -0.0865. The summed E-state index contributed by atoms with van der Waals surface area (Å²) in [4.78, 5) is 14.9. The van der Waals surface area contributed by atoms with E-state index in [2.05, 4.69) is 17.1 Å². The molecule has 2 aliphatic heterocycles. The summed E-state index contributed by atoms with van der Waals surface area (Å²) in [6.45, 7) is 6.89. The highest BCUT2D eigenvalue weighted by molar-refractivity contribution is 5.99. The summed E-state index contributed by atoms with van der Waals surface area (Å²) in [7, 11) is 0. The molecule has 24 heavy (non-hydrogen) atoms. The molecule has 2 aliphatic rings. The molecule has 2 heterocycles. The molecule has 0 unspecified atom stereocenters. The number of morpholine rings is 1. The second kappa shape index (κ2) is 7.96. The maximum absolute atomic E-state index is 12.6. The largest absolute Gasteiger partial charge is 0.398 e. The second-order valence-corrected chi connectivity index (χ2v) is 6.70. The number of ether oxygens (including phenoxy) is 2. The van der Waals surface area contributed by atoms with Gasteiger partial charge in [0.25, 0.3) is 5.91 Å². The van der Waals surface area contributed by atoms with Crippen LogP contribution in [-0.4, -0.2) is 55.9 Å². The van der Waals surface area contributed by atoms with Crippen molar-refractivity contribution in [2.45, 2.75) is 38.5 Å². The normalized spacial score (nSPS) is 23.1. The monoisotopic (exact) mass is 333 g/mol. The molecule has 3 N–H and O–H groups in total. The van der Waals surface area contributed by atoms with Crippen LogP contribution in [0, 0.1) is 0 Å². The van der Waals surface area contributed by atoms with E-state index < -0.39 is 0 Å². The summed E-state index contributed by atoms with van der Waals surface area (Å²) >= 11 is 0. The Labute approximate surface area is 143 Å². The van der Waals surface area contributed by atoms with Crippen LogP contribution in [0.4, 0.5) is 5.69 Å². The lowest BCUT2D eigenvalue weighted by atomic mass is 10.0. The summed E-state index contributed by atoms with van der Waals surface area (Å²) in [6, 6.07) is 5.93. The lowest BCUT2D eigenvalue weighted by Gasteiger charge is -2.31. The third-order valence-electron chi connectivity index (χ3n) is 4.65. The van der Waals surface area contributed by atoms with Crippen molar-refractivity contribution < 1.29 is 14.3 Å². The van der Waals surface area contributed by atoms with Crippen LogP contribution >= 0.6 is 0 Å². The van der Waals surface area contributed by atoms with E-state index in [0.29, 0.717) is 24.5 Å². The quantitative estimate of drug-likeness (QED) is 0.815. The third kappa shape index (κ3) is 4.47. The zero-order chi connectivity index (χ0) is 16.9. The van der Waals surface area contributed by atoms with Gasteiger partial charge < -0.3 is 20.5 Å². The van der Waals surface area contributed by atoms with Crippen LogP contribution in [0.3, 0.4) is 0 Å². The molecule has 3 rings (SSSR count). The van der Waals surface area contributed by atoms with Gasteiger partial charge in [0.15, 0.2) is 0 Å². The van der Waals surface area contributed by atoms with Gasteiger partial charge >= 0.3 is 0 Å². The van der Waals surface area contributed by atoms with Gasteiger partial charge in [0.05, 0.1) is 18.3 Å². The number of nitrogens with zero attached hydrogens (tertiary/aromatic N) is 1. The van der Waals surface area contributed by atoms with Crippen LogP contribution in [-0.2, 0) is 16.0 Å². The smallest absolute Gasteiger partial charge is 0.253 e. The SMILES string of the molecule is C[C@H]1CN(Cc2ccc(N)c(C(=O)NC3CCOCC3)c2)CCO1. The van der Waals surface area contributed by atoms with Gasteiger partial charge in [-0.05, 0) is 37.5 Å². The predicted octanol–water partition coefficient (Wildman–Crippen LogP) is 1.40. The minimum absolute atomic E-state index is 0.0865. The zero-order valence-corrected chi connectivity index (χ0v) is 14.3. The van der Waals surface area contributed by atoms with Gasteiger partial charge in [-0.2, -0.15) is 0 Å². The topological polar surface area (TPSA) is 76.8 Å². The number of hydrogen-bond donors (Lipinski definition) is 2. The molecule has 0 radical (unpaired) electrons. The molecule has 0 spiro atoms. The van der Waals surface area contributed by atoms with E-state index in [0.717, 1.165) is 44.6 Å². The molecule has 1 aromatic rings. The van der Waals surface area contributed by atoms with E-state index in [-0.39, 0.29) is 18.1 Å². The van der Waals surface area contributed by atoms with Gasteiger partial charge in [0.2, 0.25) is 0 Å². The number of benzene rings is 1. The summed E-state index contributed by atoms with van der Waals surface area (Å²) in [6.07, 6.45) is 1.97. The molecule has 0 aromatic heterocycles. The van der Waals surface area contributed by atoms with Crippen LogP contribution in [0.15, 0.2) is 18.2 Å². The van der Waals surface area contributed by atoms with E-state index in [4.69, 9.17) is 15.2 Å². The first-order valence-corrected chi connectivity index (χ1v) is 8.73. The molecule has 0 bridgehead atoms. The molecule has 0 aliphatic carbocycles. The van der Waals surface area contributed by atoms with Crippen molar-refractivity contribution in [1.82, 2.24) is 10.2 Å². The number of nitrogen functional groups attached to an aromatic ring is 1. The standard InChI is InChI=1S/C18H27N3O3/c1-13-11-21(6-9-24-13)12-14-2-3-17(19)16(10-14)18(22)20-15-4-7-23-8-5-15/h2-3,10,13,15H,4-9,11-12,19H2,1H3,(H,20,22)/t13-/m0/s1. The van der Waals surface area contributed by atoms with Crippen LogP contribution in [0.5, 0.6) is 0 Å². The number of nitrogens with two attached hydrogens (primary N) is 1. The Morgan fingerprint density at radius 1 is 1.33 bits per heavy atom. The summed E-state index contributed by atoms with van der Waals surface area (Å²) in [5.74, 6) is -0.0865. The number of anilines is 1. The molecule has 0 saturated carbocycles. The average Bonchev–Trinajstić information content (AvgIpc) is 2.57. The summed E-state index contributed by atoms with van der Waals surface area (Å²) in [5, 5.41) is 3.08. The highest BCUT2D eigenvalue weighted by atomic mass is 16.5. The first-order chi connectivity index (χ1) is 11.6. The van der Waals surface area contributed by atoms with Crippen molar-refractivity contribution in [1.29, 1.82) is 0 Å². The Morgan fingerprint density at radius 2 is 2.12 bits per heavy atom. The van der Waals surface area contributed by atoms with E-state index in [1.807, 2.05) is 18.2 Å². The van der Waals surface area contributed by atoms with Gasteiger partial charge in [-0.25, -0.2) is 0 Å². The van der Waals surface area contributed by atoms with Crippen molar-refractivity contribution in [2.75, 3.05) is 38.6 Å². The summed E-state index contributed by atoms with van der Waals surface area (Å²) in [5.41, 5.74) is 8.23. The van der Waals surface area contributed by atoms with Crippen LogP contribution in [0.1, 0.15) is 35.7 Å². The Bertz CT molecular complexity index is 573. The van der Waals surface area contributed by atoms with Gasteiger partial charge in [0.1, 0.15) is 0 Å². The maximum atomic E-state index is 12.6. The highest BCUT2D eigenvalue weighted by Crippen LogP contribution is 2.18. The Kier molecular flexibility index (Phi) is 5.71. The van der Waals surface area contributed by atoms with Gasteiger partial charge in [-0.1, -0.05) is 6.07 Å². The predicted molar refractivity (Wildman–Crippen MR) is 92.9 cm³/mol. The molecule has 132 valence electrons. The van der Waals surface area contributed by atoms with E-state index in [1.165, 1.54) is 0 Å². The van der Waals surface area contributed by atoms with Gasteiger partial charge in [0, 0.05) is 44.6 Å². The number of amides is 1. The van der Waals surface area contributed by atoms with Gasteiger partial charge in [-0.15, -0.1) is 0 Å². The maximum Gasteiger partial charge on any atom is 0.253 e. The molecule has 6 heteroatoms. The molecular weight excluding hydrogens is 306 g/mol. The molecule has 1 amide bonds. The van der Waals surface area contributed by atoms with Crippen molar-refractivity contribution >= 4 is 11.6 Å². The zero-order valence-electron chi connectivity index (χ0n) is 14.3. The van der Waals surface area contributed by atoms with Crippen LogP contribution in [0.25, 0.3) is 0 Å². The van der Waals surface area contributed by atoms with E-state index in [9.17, 15) is 4.79 Å². The van der Waals surface area contributed by atoms with Crippen molar-refractivity contribution in [3.05, 3.63) is 29.3 Å². The number of nitrogens with one attached hydrogen (secondary N) is 1. The molecule has 2 saturated heterocycles. The Balaban J connectivity index is 1.65. The Morgan fingerprint density at radius 3 is 2.88 bits per heavy atom. The van der Waals surface area contributed by atoms with E-state index in [1.54, 1.807) is 0 Å². The molecule has 1 atom stereocenters. The fourth-order valence-corrected chi connectivity index (χ4v) is 3.30.